The van der Waals surface area contributed by atoms with Crippen molar-refractivity contribution in [2.24, 2.45) is 0 Å². The predicted molar refractivity (Wildman–Crippen MR) is 82.4 cm³/mol. The van der Waals surface area contributed by atoms with Gasteiger partial charge in [-0.3, -0.25) is 4.79 Å². The normalized spacial score (nSPS) is 18.8. The molecule has 0 bridgehead atoms. The molecule has 1 saturated heterocycles. The average molecular weight is 309 g/mol. The van der Waals surface area contributed by atoms with E-state index in [1.807, 2.05) is 0 Å². The van der Waals surface area contributed by atoms with E-state index in [0.717, 1.165) is 32.3 Å². The van der Waals surface area contributed by atoms with Gasteiger partial charge in [0.1, 0.15) is 0 Å². The number of carbonyl (C=O) groups excluding carboxylic acids is 1. The molecule has 1 aliphatic rings. The lowest BCUT2D eigenvalue weighted by Gasteiger charge is -2.21. The summed E-state index contributed by atoms with van der Waals surface area (Å²) in [4.78, 5) is 14.0. The van der Waals surface area contributed by atoms with Crippen LogP contribution in [0.15, 0.2) is 24.3 Å². The van der Waals surface area contributed by atoms with Crippen LogP contribution in [-0.4, -0.2) is 43.2 Å². The molecule has 1 aromatic rings. The number of benzene rings is 1. The lowest BCUT2D eigenvalue weighted by atomic mass is 10.2. The number of ether oxygens (including phenoxy) is 2. The molecule has 0 N–H and O–H groups in total. The first-order valence-electron chi connectivity index (χ1n) is 7.97. The van der Waals surface area contributed by atoms with E-state index < -0.39 is 5.82 Å². The maximum atomic E-state index is 13.5. The van der Waals surface area contributed by atoms with Gasteiger partial charge in [-0.1, -0.05) is 19.1 Å². The molecule has 1 aromatic carbocycles. The van der Waals surface area contributed by atoms with Crippen LogP contribution in [0.4, 0.5) is 4.39 Å². The fourth-order valence-electron chi connectivity index (χ4n) is 2.56. The second-order valence-corrected chi connectivity index (χ2v) is 5.52. The first-order valence-corrected chi connectivity index (χ1v) is 7.97. The second kappa shape index (κ2) is 8.73. The Bertz CT molecular complexity index is 481. The van der Waals surface area contributed by atoms with E-state index in [-0.39, 0.29) is 24.4 Å². The van der Waals surface area contributed by atoms with Crippen LogP contribution in [0.25, 0.3) is 0 Å². The minimum absolute atomic E-state index is 0.0978. The van der Waals surface area contributed by atoms with Gasteiger partial charge >= 0.3 is 0 Å². The molecule has 0 aromatic heterocycles. The Hall–Kier alpha value is -1.62. The molecule has 1 atom stereocenters. The fourth-order valence-corrected chi connectivity index (χ4v) is 2.56. The van der Waals surface area contributed by atoms with Crippen LogP contribution in [-0.2, 0) is 9.53 Å². The number of halogens is 1. The minimum Gasteiger partial charge on any atom is -0.481 e. The van der Waals surface area contributed by atoms with E-state index in [0.29, 0.717) is 13.1 Å². The topological polar surface area (TPSA) is 38.8 Å². The van der Waals surface area contributed by atoms with Gasteiger partial charge in [0, 0.05) is 19.7 Å². The minimum atomic E-state index is -0.445. The Morgan fingerprint density at radius 3 is 2.91 bits per heavy atom. The monoisotopic (exact) mass is 309 g/mol. The Morgan fingerprint density at radius 2 is 2.14 bits per heavy atom. The van der Waals surface area contributed by atoms with Gasteiger partial charge in [0.05, 0.1) is 6.10 Å². The molecule has 0 aliphatic carbocycles. The Labute approximate surface area is 131 Å². The number of amides is 1. The zero-order chi connectivity index (χ0) is 15.8. The van der Waals surface area contributed by atoms with Crippen LogP contribution in [0.2, 0.25) is 0 Å². The molecule has 0 unspecified atom stereocenters. The lowest BCUT2D eigenvalue weighted by Crippen LogP contribution is -2.36. The summed E-state index contributed by atoms with van der Waals surface area (Å²) in [5.74, 6) is -0.423. The van der Waals surface area contributed by atoms with Gasteiger partial charge in [-0.05, 0) is 37.8 Å². The summed E-state index contributed by atoms with van der Waals surface area (Å²) in [6.45, 7) is 4.13. The Morgan fingerprint density at radius 1 is 1.32 bits per heavy atom. The highest BCUT2D eigenvalue weighted by Crippen LogP contribution is 2.17. The molecule has 22 heavy (non-hydrogen) atoms. The number of nitrogens with zero attached hydrogens (tertiary/aromatic N) is 1. The van der Waals surface area contributed by atoms with Crippen LogP contribution < -0.4 is 4.74 Å². The van der Waals surface area contributed by atoms with Crippen LogP contribution in [0.1, 0.15) is 32.6 Å². The molecule has 5 heteroatoms. The van der Waals surface area contributed by atoms with Crippen LogP contribution >= 0.6 is 0 Å². The molecular formula is C17H24FNO3. The van der Waals surface area contributed by atoms with E-state index in [1.165, 1.54) is 12.1 Å². The van der Waals surface area contributed by atoms with E-state index in [9.17, 15) is 9.18 Å². The maximum Gasteiger partial charge on any atom is 0.260 e. The quantitative estimate of drug-likeness (QED) is 0.811. The SMILES string of the molecule is CCCO[C@@H]1CCCN(C(=O)COc2ccccc2F)CC1. The van der Waals surface area contributed by atoms with E-state index in [2.05, 4.69) is 6.92 Å². The third kappa shape index (κ3) is 4.98. The summed E-state index contributed by atoms with van der Waals surface area (Å²) in [6, 6.07) is 6.13. The summed E-state index contributed by atoms with van der Waals surface area (Å²) >= 11 is 0. The predicted octanol–water partition coefficient (Wildman–Crippen LogP) is 3.01. The molecule has 4 nitrogen and oxygen atoms in total. The Kier molecular flexibility index (Phi) is 6.65. The molecular weight excluding hydrogens is 285 g/mol. The molecule has 1 fully saturated rings. The van der Waals surface area contributed by atoms with Crippen molar-refractivity contribution < 1.29 is 18.7 Å². The molecule has 0 radical (unpaired) electrons. The summed E-state index contributed by atoms with van der Waals surface area (Å²) in [6.07, 6.45) is 4.02. The highest BCUT2D eigenvalue weighted by atomic mass is 19.1. The number of rotatable bonds is 6. The molecule has 1 amide bonds. The summed E-state index contributed by atoms with van der Waals surface area (Å²) in [7, 11) is 0. The van der Waals surface area contributed by atoms with Crippen LogP contribution in [0.3, 0.4) is 0 Å². The number of likely N-dealkylation sites (tertiary alicyclic amines) is 1. The summed E-state index contributed by atoms with van der Waals surface area (Å²) in [5.41, 5.74) is 0. The molecule has 0 spiro atoms. The molecule has 2 rings (SSSR count). The average Bonchev–Trinajstić information content (AvgIpc) is 2.77. The standard InChI is InChI=1S/C17H24FNO3/c1-2-12-21-14-6-5-10-19(11-9-14)17(20)13-22-16-8-4-3-7-15(16)18/h3-4,7-8,14H,2,5-6,9-13H2,1H3/t14-/m1/s1. The van der Waals surface area contributed by atoms with Crippen molar-refractivity contribution in [2.45, 2.75) is 38.7 Å². The largest absolute Gasteiger partial charge is 0.481 e. The molecule has 1 heterocycles. The molecule has 0 saturated carbocycles. The smallest absolute Gasteiger partial charge is 0.260 e. The van der Waals surface area contributed by atoms with E-state index in [1.54, 1.807) is 17.0 Å². The van der Waals surface area contributed by atoms with Gasteiger partial charge in [0.15, 0.2) is 18.2 Å². The van der Waals surface area contributed by atoms with Crippen molar-refractivity contribution in [1.29, 1.82) is 0 Å². The maximum absolute atomic E-state index is 13.5. The van der Waals surface area contributed by atoms with Crippen molar-refractivity contribution in [3.63, 3.8) is 0 Å². The van der Waals surface area contributed by atoms with Crippen molar-refractivity contribution in [1.82, 2.24) is 4.90 Å². The molecule has 1 aliphatic heterocycles. The van der Waals surface area contributed by atoms with Gasteiger partial charge in [0.2, 0.25) is 0 Å². The van der Waals surface area contributed by atoms with Gasteiger partial charge < -0.3 is 14.4 Å². The number of para-hydroxylation sites is 1. The lowest BCUT2D eigenvalue weighted by molar-refractivity contribution is -0.133. The van der Waals surface area contributed by atoms with Crippen molar-refractivity contribution in [3.8, 4) is 5.75 Å². The number of hydrogen-bond acceptors (Lipinski definition) is 3. The zero-order valence-electron chi connectivity index (χ0n) is 13.1. The van der Waals surface area contributed by atoms with Crippen LogP contribution in [0, 0.1) is 5.82 Å². The summed E-state index contributed by atoms with van der Waals surface area (Å²) < 4.78 is 24.5. The third-order valence-corrected chi connectivity index (χ3v) is 3.77. The van der Waals surface area contributed by atoms with Crippen molar-refractivity contribution in [2.75, 3.05) is 26.3 Å². The van der Waals surface area contributed by atoms with E-state index >= 15 is 0 Å². The van der Waals surface area contributed by atoms with Crippen molar-refractivity contribution >= 4 is 5.91 Å². The third-order valence-electron chi connectivity index (χ3n) is 3.77. The van der Waals surface area contributed by atoms with Gasteiger partial charge in [0.25, 0.3) is 5.91 Å². The van der Waals surface area contributed by atoms with Gasteiger partial charge in [-0.2, -0.15) is 0 Å². The highest BCUT2D eigenvalue weighted by molar-refractivity contribution is 5.77. The highest BCUT2D eigenvalue weighted by Gasteiger charge is 2.21. The first kappa shape index (κ1) is 16.7. The van der Waals surface area contributed by atoms with Gasteiger partial charge in [-0.25, -0.2) is 4.39 Å². The second-order valence-electron chi connectivity index (χ2n) is 5.52. The number of carbonyl (C=O) groups is 1. The zero-order valence-corrected chi connectivity index (χ0v) is 13.1. The fraction of sp³-hybridized carbons (Fsp3) is 0.588. The Balaban J connectivity index is 1.79. The number of hydrogen-bond donors (Lipinski definition) is 0. The van der Waals surface area contributed by atoms with Crippen molar-refractivity contribution in [3.05, 3.63) is 30.1 Å². The first-order chi connectivity index (χ1) is 10.7. The van der Waals surface area contributed by atoms with Crippen LogP contribution in [0.5, 0.6) is 5.75 Å². The molecule has 122 valence electrons. The summed E-state index contributed by atoms with van der Waals surface area (Å²) in [5, 5.41) is 0. The van der Waals surface area contributed by atoms with E-state index in [4.69, 9.17) is 9.47 Å². The van der Waals surface area contributed by atoms with Gasteiger partial charge in [-0.15, -0.1) is 0 Å².